The minimum Gasteiger partial charge on any atom is -0.393 e. The van der Waals surface area contributed by atoms with Crippen LogP contribution in [-0.4, -0.2) is 11.2 Å². The maximum atomic E-state index is 9.19. The molecule has 1 nitrogen and oxygen atoms in total. The van der Waals surface area contributed by atoms with Crippen molar-refractivity contribution in [2.75, 3.05) is 0 Å². The van der Waals surface area contributed by atoms with Gasteiger partial charge in [-0.3, -0.25) is 0 Å². The molecule has 0 bridgehead atoms. The van der Waals surface area contributed by atoms with Crippen LogP contribution in [0.25, 0.3) is 0 Å². The molecule has 0 saturated carbocycles. The van der Waals surface area contributed by atoms with Crippen LogP contribution in [0.2, 0.25) is 0 Å². The standard InChI is InChI=1S/C14H20O/c1-11(15)4-2-5-12-8-9-13-6-3-7-14(13)10-12/h8-11,15H,2-7H2,1H3. The van der Waals surface area contributed by atoms with Gasteiger partial charge in [0.2, 0.25) is 0 Å². The Morgan fingerprint density at radius 3 is 2.87 bits per heavy atom. The summed E-state index contributed by atoms with van der Waals surface area (Å²) in [5, 5.41) is 9.19. The Kier molecular flexibility index (Phi) is 3.42. The van der Waals surface area contributed by atoms with E-state index in [0.717, 1.165) is 19.3 Å². The summed E-state index contributed by atoms with van der Waals surface area (Å²) in [5.41, 5.74) is 4.55. The summed E-state index contributed by atoms with van der Waals surface area (Å²) in [6, 6.07) is 6.91. The van der Waals surface area contributed by atoms with Crippen molar-refractivity contribution < 1.29 is 5.11 Å². The summed E-state index contributed by atoms with van der Waals surface area (Å²) in [6.07, 6.45) is 6.82. The first-order valence-electron chi connectivity index (χ1n) is 6.04. The lowest BCUT2D eigenvalue weighted by atomic mass is 10.0. The van der Waals surface area contributed by atoms with Gasteiger partial charge < -0.3 is 5.11 Å². The smallest absolute Gasteiger partial charge is 0.0512 e. The van der Waals surface area contributed by atoms with Gasteiger partial charge in [-0.1, -0.05) is 18.2 Å². The molecule has 0 amide bonds. The van der Waals surface area contributed by atoms with E-state index in [-0.39, 0.29) is 6.10 Å². The number of rotatable bonds is 4. The van der Waals surface area contributed by atoms with Gasteiger partial charge in [-0.05, 0) is 62.1 Å². The van der Waals surface area contributed by atoms with Crippen LogP contribution in [0.15, 0.2) is 18.2 Å². The van der Waals surface area contributed by atoms with Crippen LogP contribution in [0.1, 0.15) is 42.9 Å². The average Bonchev–Trinajstić information content (AvgIpc) is 2.64. The van der Waals surface area contributed by atoms with Crippen molar-refractivity contribution in [1.82, 2.24) is 0 Å². The zero-order valence-corrected chi connectivity index (χ0v) is 9.50. The van der Waals surface area contributed by atoms with Crippen molar-refractivity contribution in [2.24, 2.45) is 0 Å². The number of aliphatic hydroxyl groups excluding tert-OH is 1. The lowest BCUT2D eigenvalue weighted by Gasteiger charge is -2.06. The van der Waals surface area contributed by atoms with Crippen molar-refractivity contribution >= 4 is 0 Å². The van der Waals surface area contributed by atoms with Gasteiger partial charge in [-0.15, -0.1) is 0 Å². The monoisotopic (exact) mass is 204 g/mol. The Balaban J connectivity index is 1.92. The molecular formula is C14H20O. The summed E-state index contributed by atoms with van der Waals surface area (Å²) in [6.45, 7) is 1.86. The van der Waals surface area contributed by atoms with Crippen LogP contribution in [0, 0.1) is 0 Å². The van der Waals surface area contributed by atoms with Gasteiger partial charge in [0.1, 0.15) is 0 Å². The molecule has 1 aromatic rings. The molecule has 1 aromatic carbocycles. The first-order valence-corrected chi connectivity index (χ1v) is 6.04. The third kappa shape index (κ3) is 2.82. The Morgan fingerprint density at radius 1 is 1.27 bits per heavy atom. The normalized spacial score (nSPS) is 16.4. The molecule has 0 heterocycles. The summed E-state index contributed by atoms with van der Waals surface area (Å²) in [5.74, 6) is 0. The van der Waals surface area contributed by atoms with Crippen LogP contribution in [0.3, 0.4) is 0 Å². The minimum atomic E-state index is -0.153. The number of benzene rings is 1. The largest absolute Gasteiger partial charge is 0.393 e. The van der Waals surface area contributed by atoms with E-state index in [1.54, 1.807) is 11.1 Å². The molecule has 0 saturated heterocycles. The second kappa shape index (κ2) is 4.80. The molecule has 2 rings (SSSR count). The van der Waals surface area contributed by atoms with Crippen molar-refractivity contribution in [3.63, 3.8) is 0 Å². The summed E-state index contributed by atoms with van der Waals surface area (Å²) in [7, 11) is 0. The van der Waals surface area contributed by atoms with E-state index in [9.17, 15) is 5.11 Å². The zero-order valence-electron chi connectivity index (χ0n) is 9.50. The van der Waals surface area contributed by atoms with Gasteiger partial charge in [-0.2, -0.15) is 0 Å². The highest BCUT2D eigenvalue weighted by atomic mass is 16.3. The Hall–Kier alpha value is -0.820. The van der Waals surface area contributed by atoms with Gasteiger partial charge in [0.25, 0.3) is 0 Å². The van der Waals surface area contributed by atoms with E-state index < -0.39 is 0 Å². The summed E-state index contributed by atoms with van der Waals surface area (Å²) >= 11 is 0. The molecule has 0 aromatic heterocycles. The number of fused-ring (bicyclic) bond motifs is 1. The third-order valence-electron chi connectivity index (χ3n) is 3.25. The molecule has 0 radical (unpaired) electrons. The summed E-state index contributed by atoms with van der Waals surface area (Å²) in [4.78, 5) is 0. The number of hydrogen-bond donors (Lipinski definition) is 1. The predicted molar refractivity (Wildman–Crippen MR) is 63.1 cm³/mol. The maximum Gasteiger partial charge on any atom is 0.0512 e. The second-order valence-corrected chi connectivity index (χ2v) is 4.70. The van der Waals surface area contributed by atoms with Crippen LogP contribution in [0.5, 0.6) is 0 Å². The first-order chi connectivity index (χ1) is 7.25. The second-order valence-electron chi connectivity index (χ2n) is 4.70. The Morgan fingerprint density at radius 2 is 2.07 bits per heavy atom. The van der Waals surface area contributed by atoms with E-state index in [2.05, 4.69) is 18.2 Å². The minimum absolute atomic E-state index is 0.153. The predicted octanol–water partition coefficient (Wildman–Crippen LogP) is 2.88. The van der Waals surface area contributed by atoms with E-state index in [1.807, 2.05) is 6.92 Å². The van der Waals surface area contributed by atoms with Gasteiger partial charge in [0.15, 0.2) is 0 Å². The SMILES string of the molecule is CC(O)CCCc1ccc2c(c1)CCC2. The molecule has 1 N–H and O–H groups in total. The first kappa shape index (κ1) is 10.7. The van der Waals surface area contributed by atoms with Gasteiger partial charge in [0, 0.05) is 0 Å². The fourth-order valence-electron chi connectivity index (χ4n) is 2.38. The molecule has 1 aliphatic rings. The van der Waals surface area contributed by atoms with E-state index in [4.69, 9.17) is 0 Å². The van der Waals surface area contributed by atoms with Gasteiger partial charge >= 0.3 is 0 Å². The quantitative estimate of drug-likeness (QED) is 0.799. The molecule has 82 valence electrons. The molecule has 1 atom stereocenters. The maximum absolute atomic E-state index is 9.19. The number of aliphatic hydroxyl groups is 1. The highest BCUT2D eigenvalue weighted by molar-refractivity contribution is 5.35. The van der Waals surface area contributed by atoms with E-state index in [0.29, 0.717) is 0 Å². The zero-order chi connectivity index (χ0) is 10.7. The molecule has 15 heavy (non-hydrogen) atoms. The number of aryl methyl sites for hydroxylation is 3. The van der Waals surface area contributed by atoms with Crippen molar-refractivity contribution in [3.05, 3.63) is 34.9 Å². The lowest BCUT2D eigenvalue weighted by Crippen LogP contribution is -2.00. The Bertz CT molecular complexity index is 328. The Labute approximate surface area is 92.1 Å². The molecule has 0 aliphatic heterocycles. The van der Waals surface area contributed by atoms with Crippen LogP contribution in [-0.2, 0) is 19.3 Å². The average molecular weight is 204 g/mol. The van der Waals surface area contributed by atoms with E-state index >= 15 is 0 Å². The molecule has 0 spiro atoms. The molecule has 0 fully saturated rings. The van der Waals surface area contributed by atoms with Crippen molar-refractivity contribution in [1.29, 1.82) is 0 Å². The summed E-state index contributed by atoms with van der Waals surface area (Å²) < 4.78 is 0. The van der Waals surface area contributed by atoms with Crippen molar-refractivity contribution in [2.45, 2.75) is 51.6 Å². The molecule has 1 unspecified atom stereocenters. The van der Waals surface area contributed by atoms with Gasteiger partial charge in [0.05, 0.1) is 6.10 Å². The van der Waals surface area contributed by atoms with Crippen LogP contribution < -0.4 is 0 Å². The molecular weight excluding hydrogens is 184 g/mol. The highest BCUT2D eigenvalue weighted by Gasteiger charge is 2.10. The highest BCUT2D eigenvalue weighted by Crippen LogP contribution is 2.23. The topological polar surface area (TPSA) is 20.2 Å². The van der Waals surface area contributed by atoms with Crippen LogP contribution in [0.4, 0.5) is 0 Å². The molecule has 1 aliphatic carbocycles. The fourth-order valence-corrected chi connectivity index (χ4v) is 2.38. The fraction of sp³-hybridized carbons (Fsp3) is 0.571. The van der Waals surface area contributed by atoms with E-state index in [1.165, 1.54) is 24.8 Å². The molecule has 1 heteroatoms. The lowest BCUT2D eigenvalue weighted by molar-refractivity contribution is 0.182. The van der Waals surface area contributed by atoms with Crippen molar-refractivity contribution in [3.8, 4) is 0 Å². The number of hydrogen-bond acceptors (Lipinski definition) is 1. The van der Waals surface area contributed by atoms with Crippen LogP contribution >= 0.6 is 0 Å². The third-order valence-corrected chi connectivity index (χ3v) is 3.25. The van der Waals surface area contributed by atoms with Gasteiger partial charge in [-0.25, -0.2) is 0 Å².